The molecule has 0 spiro atoms. The van der Waals surface area contributed by atoms with Gasteiger partial charge in [0.05, 0.1) is 15.7 Å². The first-order valence-electron chi connectivity index (χ1n) is 3.42. The number of rotatable bonds is 1. The number of nitrogens with zero attached hydrogens (tertiary/aromatic N) is 1. The smallest absolute Gasteiger partial charge is 0.0815 e. The average Bonchev–Trinajstić information content (AvgIpc) is 2.50. The van der Waals surface area contributed by atoms with E-state index in [1.54, 1.807) is 11.3 Å². The largest absolute Gasteiger partial charge is 0.326 e. The molecular formula is C8H10Cl2N2S. The maximum atomic E-state index is 5.49. The Bertz CT molecular complexity index is 375. The van der Waals surface area contributed by atoms with Crippen molar-refractivity contribution in [3.05, 3.63) is 29.3 Å². The first-order chi connectivity index (χ1) is 5.40. The van der Waals surface area contributed by atoms with Gasteiger partial charge in [-0.2, -0.15) is 0 Å². The maximum absolute atomic E-state index is 5.49. The van der Waals surface area contributed by atoms with Crippen molar-refractivity contribution in [3.8, 4) is 0 Å². The molecule has 2 rings (SSSR count). The van der Waals surface area contributed by atoms with Crippen LogP contribution in [0.15, 0.2) is 23.7 Å². The van der Waals surface area contributed by atoms with E-state index in [1.165, 1.54) is 4.70 Å². The first-order valence-corrected chi connectivity index (χ1v) is 4.30. The van der Waals surface area contributed by atoms with E-state index in [-0.39, 0.29) is 24.8 Å². The summed E-state index contributed by atoms with van der Waals surface area (Å²) in [6, 6.07) is 6.14. The van der Waals surface area contributed by atoms with Gasteiger partial charge in [0.1, 0.15) is 0 Å². The number of nitrogens with two attached hydrogens (primary N) is 1. The molecule has 5 heteroatoms. The van der Waals surface area contributed by atoms with Crippen molar-refractivity contribution in [3.63, 3.8) is 0 Å². The SMILES string of the molecule is Cl.Cl.NCc1ccc2scnc2c1. The summed E-state index contributed by atoms with van der Waals surface area (Å²) in [5, 5.41) is 0. The third-order valence-electron chi connectivity index (χ3n) is 1.63. The quantitative estimate of drug-likeness (QED) is 0.827. The highest BCUT2D eigenvalue weighted by atomic mass is 35.5. The number of fused-ring (bicyclic) bond motifs is 1. The summed E-state index contributed by atoms with van der Waals surface area (Å²) >= 11 is 1.65. The second-order valence-corrected chi connectivity index (χ2v) is 3.24. The lowest BCUT2D eigenvalue weighted by atomic mass is 10.2. The average molecular weight is 237 g/mol. The van der Waals surface area contributed by atoms with Crippen molar-refractivity contribution >= 4 is 46.4 Å². The van der Waals surface area contributed by atoms with E-state index in [1.807, 2.05) is 17.6 Å². The molecule has 0 radical (unpaired) electrons. The van der Waals surface area contributed by atoms with Gasteiger partial charge in [0.2, 0.25) is 0 Å². The van der Waals surface area contributed by atoms with Crippen molar-refractivity contribution < 1.29 is 0 Å². The predicted octanol–water partition coefficient (Wildman–Crippen LogP) is 2.60. The third-order valence-corrected chi connectivity index (χ3v) is 2.44. The van der Waals surface area contributed by atoms with Crippen molar-refractivity contribution in [1.29, 1.82) is 0 Å². The van der Waals surface area contributed by atoms with Gasteiger partial charge in [-0.25, -0.2) is 4.98 Å². The van der Waals surface area contributed by atoms with Gasteiger partial charge >= 0.3 is 0 Å². The second kappa shape index (κ2) is 5.40. The third kappa shape index (κ3) is 2.54. The van der Waals surface area contributed by atoms with Crippen molar-refractivity contribution in [1.82, 2.24) is 4.98 Å². The van der Waals surface area contributed by atoms with E-state index in [0.717, 1.165) is 11.1 Å². The Kier molecular flexibility index (Phi) is 5.25. The van der Waals surface area contributed by atoms with Crippen LogP contribution in [0.2, 0.25) is 0 Å². The minimum atomic E-state index is 0. The van der Waals surface area contributed by atoms with Crippen molar-refractivity contribution in [2.75, 3.05) is 0 Å². The fourth-order valence-corrected chi connectivity index (χ4v) is 1.69. The van der Waals surface area contributed by atoms with E-state index in [2.05, 4.69) is 11.1 Å². The van der Waals surface area contributed by atoms with Crippen LogP contribution >= 0.6 is 36.2 Å². The van der Waals surface area contributed by atoms with Gasteiger partial charge < -0.3 is 5.73 Å². The number of hydrogen-bond acceptors (Lipinski definition) is 3. The lowest BCUT2D eigenvalue weighted by molar-refractivity contribution is 1.07. The molecule has 0 aliphatic heterocycles. The minimum absolute atomic E-state index is 0. The van der Waals surface area contributed by atoms with E-state index in [9.17, 15) is 0 Å². The Labute approximate surface area is 93.0 Å². The Hall–Kier alpha value is -0.350. The van der Waals surface area contributed by atoms with E-state index >= 15 is 0 Å². The molecule has 2 N–H and O–H groups in total. The summed E-state index contributed by atoms with van der Waals surface area (Å²) in [6.45, 7) is 0.591. The fourth-order valence-electron chi connectivity index (χ4n) is 1.03. The molecule has 0 fully saturated rings. The first kappa shape index (κ1) is 12.7. The molecule has 72 valence electrons. The van der Waals surface area contributed by atoms with E-state index < -0.39 is 0 Å². The Morgan fingerprint density at radius 1 is 1.31 bits per heavy atom. The number of hydrogen-bond donors (Lipinski definition) is 1. The monoisotopic (exact) mass is 236 g/mol. The molecule has 2 aromatic rings. The molecule has 13 heavy (non-hydrogen) atoms. The normalized spacial score (nSPS) is 9.00. The molecule has 0 aliphatic carbocycles. The highest BCUT2D eigenvalue weighted by Crippen LogP contribution is 2.18. The molecule has 0 amide bonds. The summed E-state index contributed by atoms with van der Waals surface area (Å²) in [4.78, 5) is 4.19. The van der Waals surface area contributed by atoms with Crippen LogP contribution < -0.4 is 5.73 Å². The zero-order valence-corrected chi connectivity index (χ0v) is 9.22. The molecule has 0 saturated carbocycles. The highest BCUT2D eigenvalue weighted by molar-refractivity contribution is 7.16. The summed E-state index contributed by atoms with van der Waals surface area (Å²) in [5.41, 5.74) is 9.53. The Balaban J connectivity index is 0.000000720. The van der Waals surface area contributed by atoms with Gasteiger partial charge in [0.15, 0.2) is 0 Å². The van der Waals surface area contributed by atoms with Crippen LogP contribution in [0.4, 0.5) is 0 Å². The molecule has 1 aromatic heterocycles. The summed E-state index contributed by atoms with van der Waals surface area (Å²) in [5.74, 6) is 0. The molecule has 0 aliphatic rings. The zero-order valence-electron chi connectivity index (χ0n) is 6.77. The molecule has 0 saturated heterocycles. The Morgan fingerprint density at radius 2 is 2.08 bits per heavy atom. The van der Waals surface area contributed by atoms with Crippen LogP contribution in [0.25, 0.3) is 10.2 Å². The fraction of sp³-hybridized carbons (Fsp3) is 0.125. The molecule has 2 nitrogen and oxygen atoms in total. The van der Waals surface area contributed by atoms with Gasteiger partial charge in [0, 0.05) is 6.54 Å². The van der Waals surface area contributed by atoms with Gasteiger partial charge in [-0.05, 0) is 17.7 Å². The van der Waals surface area contributed by atoms with Gasteiger partial charge in [0.25, 0.3) is 0 Å². The zero-order chi connectivity index (χ0) is 7.68. The Morgan fingerprint density at radius 3 is 2.77 bits per heavy atom. The topological polar surface area (TPSA) is 38.9 Å². The van der Waals surface area contributed by atoms with Crippen LogP contribution in [0.1, 0.15) is 5.56 Å². The van der Waals surface area contributed by atoms with Crippen LogP contribution in [0.5, 0.6) is 0 Å². The maximum Gasteiger partial charge on any atom is 0.0815 e. The van der Waals surface area contributed by atoms with Crippen LogP contribution in [-0.2, 0) is 6.54 Å². The summed E-state index contributed by atoms with van der Waals surface area (Å²) < 4.78 is 1.22. The van der Waals surface area contributed by atoms with Crippen LogP contribution in [0, 0.1) is 0 Å². The van der Waals surface area contributed by atoms with Gasteiger partial charge in [-0.15, -0.1) is 36.2 Å². The highest BCUT2D eigenvalue weighted by Gasteiger charge is 1.95. The lowest BCUT2D eigenvalue weighted by Crippen LogP contribution is -1.94. The number of halogens is 2. The second-order valence-electron chi connectivity index (χ2n) is 2.36. The number of aromatic nitrogens is 1. The molecule has 1 aromatic carbocycles. The van der Waals surface area contributed by atoms with E-state index in [4.69, 9.17) is 5.73 Å². The summed E-state index contributed by atoms with van der Waals surface area (Å²) in [7, 11) is 0. The van der Waals surface area contributed by atoms with Crippen LogP contribution in [0.3, 0.4) is 0 Å². The molecule has 0 bridgehead atoms. The number of benzene rings is 1. The molecule has 0 unspecified atom stereocenters. The van der Waals surface area contributed by atoms with E-state index in [0.29, 0.717) is 6.54 Å². The molecular weight excluding hydrogens is 227 g/mol. The minimum Gasteiger partial charge on any atom is -0.326 e. The van der Waals surface area contributed by atoms with Gasteiger partial charge in [-0.3, -0.25) is 0 Å². The standard InChI is InChI=1S/C8H8N2S.2ClH/c9-4-6-1-2-8-7(3-6)10-5-11-8;;/h1-3,5H,4,9H2;2*1H. The predicted molar refractivity (Wildman–Crippen MR) is 62.0 cm³/mol. The van der Waals surface area contributed by atoms with Crippen molar-refractivity contribution in [2.45, 2.75) is 6.54 Å². The van der Waals surface area contributed by atoms with Crippen LogP contribution in [-0.4, -0.2) is 4.98 Å². The van der Waals surface area contributed by atoms with Gasteiger partial charge in [-0.1, -0.05) is 6.07 Å². The lowest BCUT2D eigenvalue weighted by Gasteiger charge is -1.93. The summed E-state index contributed by atoms with van der Waals surface area (Å²) in [6.07, 6.45) is 0. The number of thiazole rings is 1. The van der Waals surface area contributed by atoms with Crippen molar-refractivity contribution in [2.24, 2.45) is 5.73 Å². The molecule has 0 atom stereocenters. The molecule has 1 heterocycles.